The molecule has 4 heteroatoms. The SMILES string of the molecule is O=C1CC(C2CCC(C3CCC(c4ccc5c(F)c(O)ccc5c4)CC3)CC2)O1. The molecule has 3 fully saturated rings. The fourth-order valence-electron chi connectivity index (χ4n) is 6.05. The van der Waals surface area contributed by atoms with Crippen LogP contribution >= 0.6 is 0 Å². The molecule has 29 heavy (non-hydrogen) atoms. The molecular weight excluding hydrogens is 367 g/mol. The number of halogens is 1. The molecule has 2 aliphatic carbocycles. The van der Waals surface area contributed by atoms with Crippen molar-refractivity contribution in [2.45, 2.75) is 69.8 Å². The summed E-state index contributed by atoms with van der Waals surface area (Å²) in [6.45, 7) is 0. The summed E-state index contributed by atoms with van der Waals surface area (Å²) in [6.07, 6.45) is 10.8. The van der Waals surface area contributed by atoms with Crippen molar-refractivity contribution in [1.82, 2.24) is 0 Å². The Bertz CT molecular complexity index is 900. The van der Waals surface area contributed by atoms with Gasteiger partial charge in [0.15, 0.2) is 11.6 Å². The molecule has 3 aliphatic rings. The molecule has 1 aliphatic heterocycles. The van der Waals surface area contributed by atoms with Crippen molar-refractivity contribution in [1.29, 1.82) is 0 Å². The number of aromatic hydroxyl groups is 1. The smallest absolute Gasteiger partial charge is 0.309 e. The van der Waals surface area contributed by atoms with Gasteiger partial charge in [-0.05, 0) is 92.1 Å². The average molecular weight is 397 g/mol. The Morgan fingerprint density at radius 3 is 2.14 bits per heavy atom. The van der Waals surface area contributed by atoms with E-state index in [9.17, 15) is 14.3 Å². The van der Waals surface area contributed by atoms with Gasteiger partial charge in [-0.2, -0.15) is 0 Å². The molecule has 5 rings (SSSR count). The number of carbonyl (C=O) groups excluding carboxylic acids is 1. The van der Waals surface area contributed by atoms with Crippen LogP contribution in [0.2, 0.25) is 0 Å². The highest BCUT2D eigenvalue weighted by Crippen LogP contribution is 2.45. The van der Waals surface area contributed by atoms with Crippen LogP contribution < -0.4 is 0 Å². The van der Waals surface area contributed by atoms with Crippen LogP contribution in [0.5, 0.6) is 5.75 Å². The minimum absolute atomic E-state index is 0.0244. The molecule has 3 nitrogen and oxygen atoms in total. The number of esters is 1. The minimum Gasteiger partial charge on any atom is -0.505 e. The van der Waals surface area contributed by atoms with E-state index in [4.69, 9.17) is 4.74 Å². The summed E-state index contributed by atoms with van der Waals surface area (Å²) >= 11 is 0. The van der Waals surface area contributed by atoms with Crippen LogP contribution in [-0.4, -0.2) is 17.2 Å². The van der Waals surface area contributed by atoms with Gasteiger partial charge in [0, 0.05) is 5.39 Å². The Balaban J connectivity index is 1.17. The van der Waals surface area contributed by atoms with Crippen molar-refractivity contribution in [3.05, 3.63) is 41.7 Å². The van der Waals surface area contributed by atoms with Crippen LogP contribution in [0.4, 0.5) is 4.39 Å². The molecule has 1 unspecified atom stereocenters. The second-order valence-electron chi connectivity index (χ2n) is 9.40. The largest absolute Gasteiger partial charge is 0.505 e. The zero-order valence-electron chi connectivity index (χ0n) is 16.8. The minimum atomic E-state index is -0.523. The second kappa shape index (κ2) is 7.62. The highest BCUT2D eigenvalue weighted by Gasteiger charge is 2.39. The maximum atomic E-state index is 14.1. The molecule has 1 saturated heterocycles. The van der Waals surface area contributed by atoms with E-state index in [1.807, 2.05) is 12.1 Å². The molecule has 154 valence electrons. The van der Waals surface area contributed by atoms with Crippen LogP contribution in [-0.2, 0) is 9.53 Å². The number of hydrogen-bond donors (Lipinski definition) is 1. The molecule has 0 spiro atoms. The van der Waals surface area contributed by atoms with Gasteiger partial charge in [0.2, 0.25) is 0 Å². The quantitative estimate of drug-likeness (QED) is 0.640. The standard InChI is InChI=1S/C25H29FO3/c26-25-21-11-9-19(13-20(21)10-12-22(25)27)17-3-1-15(2-4-17)16-5-7-18(8-6-16)23-14-24(28)29-23/h9-13,15-18,23,27H,1-8,14H2. The Morgan fingerprint density at radius 1 is 0.862 bits per heavy atom. The van der Waals surface area contributed by atoms with Crippen LogP contribution in [0.15, 0.2) is 30.3 Å². The fraction of sp³-hybridized carbons (Fsp3) is 0.560. The highest BCUT2D eigenvalue weighted by atomic mass is 19.1. The first-order valence-corrected chi connectivity index (χ1v) is 11.2. The van der Waals surface area contributed by atoms with Crippen LogP contribution in [0, 0.1) is 23.6 Å². The molecule has 0 radical (unpaired) electrons. The lowest BCUT2D eigenvalue weighted by atomic mass is 9.67. The number of phenols is 1. The van der Waals surface area contributed by atoms with E-state index in [2.05, 4.69) is 6.07 Å². The Labute approximate surface area is 171 Å². The van der Waals surface area contributed by atoms with E-state index in [1.165, 1.54) is 63.0 Å². The van der Waals surface area contributed by atoms with Gasteiger partial charge < -0.3 is 9.84 Å². The number of fused-ring (bicyclic) bond motifs is 1. The summed E-state index contributed by atoms with van der Waals surface area (Å²) < 4.78 is 19.4. The first-order valence-electron chi connectivity index (χ1n) is 11.2. The number of phenolic OH excluding ortho intramolecular Hbond substituents is 1. The number of cyclic esters (lactones) is 1. The third kappa shape index (κ3) is 3.62. The molecule has 0 bridgehead atoms. The predicted molar refractivity (Wildman–Crippen MR) is 110 cm³/mol. The highest BCUT2D eigenvalue weighted by molar-refractivity contribution is 5.85. The van der Waals surface area contributed by atoms with Gasteiger partial charge in [-0.3, -0.25) is 4.79 Å². The third-order valence-electron chi connectivity index (χ3n) is 7.86. The third-order valence-corrected chi connectivity index (χ3v) is 7.86. The van der Waals surface area contributed by atoms with E-state index in [0.29, 0.717) is 23.6 Å². The number of benzene rings is 2. The Hall–Kier alpha value is -2.10. The Kier molecular flexibility index (Phi) is 4.97. The first kappa shape index (κ1) is 18.9. The molecule has 1 atom stereocenters. The van der Waals surface area contributed by atoms with Crippen LogP contribution in [0.25, 0.3) is 10.8 Å². The zero-order chi connectivity index (χ0) is 20.0. The lowest BCUT2D eigenvalue weighted by Crippen LogP contribution is -2.41. The van der Waals surface area contributed by atoms with Crippen molar-refractivity contribution in [3.8, 4) is 5.75 Å². The summed E-state index contributed by atoms with van der Waals surface area (Å²) in [5.41, 5.74) is 1.30. The zero-order valence-corrected chi connectivity index (χ0v) is 16.8. The molecule has 2 saturated carbocycles. The maximum absolute atomic E-state index is 14.1. The van der Waals surface area contributed by atoms with Crippen LogP contribution in [0.3, 0.4) is 0 Å². The van der Waals surface area contributed by atoms with Gasteiger partial charge in [-0.25, -0.2) is 4.39 Å². The lowest BCUT2D eigenvalue weighted by molar-refractivity contribution is -0.176. The first-order chi connectivity index (χ1) is 14.1. The van der Waals surface area contributed by atoms with Gasteiger partial charge >= 0.3 is 5.97 Å². The summed E-state index contributed by atoms with van der Waals surface area (Å²) in [5, 5.41) is 10.9. The maximum Gasteiger partial charge on any atom is 0.309 e. The summed E-state index contributed by atoms with van der Waals surface area (Å²) in [5.74, 6) is 1.98. The number of rotatable bonds is 3. The molecule has 0 amide bonds. The molecule has 2 aromatic rings. The van der Waals surface area contributed by atoms with Gasteiger partial charge in [0.1, 0.15) is 6.10 Å². The molecule has 1 N–H and O–H groups in total. The van der Waals surface area contributed by atoms with Crippen molar-refractivity contribution in [3.63, 3.8) is 0 Å². The average Bonchev–Trinajstić information content (AvgIpc) is 2.74. The van der Waals surface area contributed by atoms with Gasteiger partial charge in [0.05, 0.1) is 6.42 Å². The van der Waals surface area contributed by atoms with Gasteiger partial charge in [-0.15, -0.1) is 0 Å². The monoisotopic (exact) mass is 396 g/mol. The van der Waals surface area contributed by atoms with Crippen LogP contribution in [0.1, 0.15) is 69.3 Å². The van der Waals surface area contributed by atoms with E-state index < -0.39 is 5.82 Å². The number of ether oxygens (including phenoxy) is 1. The van der Waals surface area contributed by atoms with E-state index in [1.54, 1.807) is 6.07 Å². The normalized spacial score (nSPS) is 32.6. The van der Waals surface area contributed by atoms with E-state index >= 15 is 0 Å². The van der Waals surface area contributed by atoms with Crippen molar-refractivity contribution in [2.24, 2.45) is 17.8 Å². The van der Waals surface area contributed by atoms with Crippen molar-refractivity contribution in [2.75, 3.05) is 0 Å². The molecular formula is C25H29FO3. The number of hydrogen-bond acceptors (Lipinski definition) is 3. The van der Waals surface area contributed by atoms with E-state index in [0.717, 1.165) is 17.2 Å². The van der Waals surface area contributed by atoms with Gasteiger partial charge in [0.25, 0.3) is 0 Å². The van der Waals surface area contributed by atoms with Gasteiger partial charge in [-0.1, -0.05) is 24.3 Å². The van der Waals surface area contributed by atoms with Crippen molar-refractivity contribution >= 4 is 16.7 Å². The molecule has 0 aromatic heterocycles. The topological polar surface area (TPSA) is 46.5 Å². The fourth-order valence-corrected chi connectivity index (χ4v) is 6.05. The van der Waals surface area contributed by atoms with Crippen molar-refractivity contribution < 1.29 is 19.0 Å². The Morgan fingerprint density at radius 2 is 1.48 bits per heavy atom. The molecule has 2 aromatic carbocycles. The second-order valence-corrected chi connectivity index (χ2v) is 9.40. The summed E-state index contributed by atoms with van der Waals surface area (Å²) in [7, 11) is 0. The summed E-state index contributed by atoms with van der Waals surface area (Å²) in [4.78, 5) is 11.1. The number of carbonyl (C=O) groups is 1. The lowest BCUT2D eigenvalue weighted by Gasteiger charge is -2.41. The predicted octanol–water partition coefficient (Wildman–Crippen LogP) is 6.08. The molecule has 1 heterocycles. The van der Waals surface area contributed by atoms with E-state index in [-0.39, 0.29) is 17.8 Å². The summed E-state index contributed by atoms with van der Waals surface area (Å²) in [6, 6.07) is 9.22.